The predicted octanol–water partition coefficient (Wildman–Crippen LogP) is 0.541. The van der Waals surface area contributed by atoms with Gasteiger partial charge < -0.3 is 19.9 Å². The molecule has 2 N–H and O–H groups in total. The van der Waals surface area contributed by atoms with Crippen molar-refractivity contribution in [2.24, 2.45) is 0 Å². The van der Waals surface area contributed by atoms with E-state index in [1.54, 1.807) is 18.2 Å². The van der Waals surface area contributed by atoms with Crippen LogP contribution in [0.25, 0.3) is 0 Å². The molecule has 0 saturated carbocycles. The summed E-state index contributed by atoms with van der Waals surface area (Å²) < 4.78 is 9.46. The van der Waals surface area contributed by atoms with Crippen LogP contribution in [-0.4, -0.2) is 43.9 Å². The zero-order valence-corrected chi connectivity index (χ0v) is 11.9. The molecule has 1 rings (SSSR count). The zero-order valence-electron chi connectivity index (χ0n) is 11.2. The summed E-state index contributed by atoms with van der Waals surface area (Å²) in [5.41, 5.74) is 0.616. The van der Waals surface area contributed by atoms with Crippen molar-refractivity contribution in [2.45, 2.75) is 12.5 Å². The van der Waals surface area contributed by atoms with Crippen LogP contribution in [0.15, 0.2) is 18.2 Å². The van der Waals surface area contributed by atoms with Gasteiger partial charge in [0.05, 0.1) is 27.2 Å². The number of hydrogen-bond donors (Lipinski definition) is 2. The minimum absolute atomic E-state index is 0.0254. The number of carbonyl (C=O) groups is 2. The molecule has 1 unspecified atom stereocenters. The van der Waals surface area contributed by atoms with Crippen LogP contribution in [-0.2, 0) is 20.7 Å². The fourth-order valence-electron chi connectivity index (χ4n) is 1.55. The van der Waals surface area contributed by atoms with E-state index in [1.807, 2.05) is 0 Å². The van der Waals surface area contributed by atoms with E-state index in [1.165, 1.54) is 7.11 Å². The molecule has 0 fully saturated rings. The first-order chi connectivity index (χ1) is 9.47. The van der Waals surface area contributed by atoms with Crippen LogP contribution in [0.2, 0.25) is 5.02 Å². The fourth-order valence-corrected chi connectivity index (χ4v) is 1.75. The standard InChI is InChI=1S/C13H16ClNO5/c1-19-11-4-3-9(14)5-8(11)6-12(17)15-7-10(16)13(18)20-2/h3-5,10,16H,6-7H2,1-2H3,(H,15,17). The van der Waals surface area contributed by atoms with Gasteiger partial charge in [0.25, 0.3) is 0 Å². The number of halogens is 1. The Morgan fingerprint density at radius 3 is 2.70 bits per heavy atom. The number of esters is 1. The molecule has 1 amide bonds. The van der Waals surface area contributed by atoms with Gasteiger partial charge in [0.2, 0.25) is 5.91 Å². The molecule has 0 aliphatic rings. The first-order valence-electron chi connectivity index (χ1n) is 5.83. The molecule has 1 aromatic carbocycles. The quantitative estimate of drug-likeness (QED) is 0.749. The molecule has 6 nitrogen and oxygen atoms in total. The highest BCUT2D eigenvalue weighted by molar-refractivity contribution is 6.30. The molecule has 0 spiro atoms. The van der Waals surface area contributed by atoms with Gasteiger partial charge in [-0.1, -0.05) is 11.6 Å². The zero-order chi connectivity index (χ0) is 15.1. The molecular formula is C13H16ClNO5. The van der Waals surface area contributed by atoms with Gasteiger partial charge in [-0.25, -0.2) is 4.79 Å². The molecule has 0 radical (unpaired) electrons. The van der Waals surface area contributed by atoms with Crippen LogP contribution in [0, 0.1) is 0 Å². The van der Waals surface area contributed by atoms with E-state index in [9.17, 15) is 14.7 Å². The third-order valence-electron chi connectivity index (χ3n) is 2.56. The lowest BCUT2D eigenvalue weighted by molar-refractivity contribution is -0.150. The maximum atomic E-state index is 11.7. The van der Waals surface area contributed by atoms with Crippen molar-refractivity contribution in [3.8, 4) is 5.75 Å². The van der Waals surface area contributed by atoms with Gasteiger partial charge in [-0.05, 0) is 18.2 Å². The summed E-state index contributed by atoms with van der Waals surface area (Å²) in [5.74, 6) is -0.628. The van der Waals surface area contributed by atoms with Crippen molar-refractivity contribution in [3.63, 3.8) is 0 Å². The van der Waals surface area contributed by atoms with E-state index in [2.05, 4.69) is 10.1 Å². The summed E-state index contributed by atoms with van der Waals surface area (Å²) in [5, 5.41) is 12.3. The van der Waals surface area contributed by atoms with Crippen molar-refractivity contribution in [1.82, 2.24) is 5.32 Å². The molecule has 20 heavy (non-hydrogen) atoms. The molecule has 1 atom stereocenters. The Bertz CT molecular complexity index is 492. The Kier molecular flexibility index (Phi) is 6.27. The molecule has 0 saturated heterocycles. The van der Waals surface area contributed by atoms with E-state index in [-0.39, 0.29) is 18.9 Å². The second kappa shape index (κ2) is 7.72. The summed E-state index contributed by atoms with van der Waals surface area (Å²) in [6.07, 6.45) is -1.36. The van der Waals surface area contributed by atoms with Crippen LogP contribution in [0.4, 0.5) is 0 Å². The molecule has 1 aromatic rings. The van der Waals surface area contributed by atoms with E-state index in [0.29, 0.717) is 16.3 Å². The van der Waals surface area contributed by atoms with E-state index < -0.39 is 12.1 Å². The topological polar surface area (TPSA) is 84.9 Å². The Morgan fingerprint density at radius 1 is 1.40 bits per heavy atom. The summed E-state index contributed by atoms with van der Waals surface area (Å²) >= 11 is 5.86. The lowest BCUT2D eigenvalue weighted by atomic mass is 10.1. The van der Waals surface area contributed by atoms with Gasteiger partial charge in [-0.15, -0.1) is 0 Å². The minimum Gasteiger partial charge on any atom is -0.496 e. The summed E-state index contributed by atoms with van der Waals surface area (Å²) in [4.78, 5) is 22.7. The molecule has 0 aliphatic heterocycles. The summed E-state index contributed by atoms with van der Waals surface area (Å²) in [7, 11) is 2.65. The van der Waals surface area contributed by atoms with Gasteiger partial charge >= 0.3 is 5.97 Å². The third-order valence-corrected chi connectivity index (χ3v) is 2.79. The maximum Gasteiger partial charge on any atom is 0.336 e. The van der Waals surface area contributed by atoms with Gasteiger partial charge in [0, 0.05) is 10.6 Å². The lowest BCUT2D eigenvalue weighted by Crippen LogP contribution is -2.37. The fraction of sp³-hybridized carbons (Fsp3) is 0.385. The Labute approximate surface area is 121 Å². The molecule has 0 aromatic heterocycles. The monoisotopic (exact) mass is 301 g/mol. The number of hydrogen-bond acceptors (Lipinski definition) is 5. The number of methoxy groups -OCH3 is 2. The molecule has 7 heteroatoms. The molecule has 0 bridgehead atoms. The normalized spacial score (nSPS) is 11.6. The molecular weight excluding hydrogens is 286 g/mol. The van der Waals surface area contributed by atoms with Crippen molar-refractivity contribution >= 4 is 23.5 Å². The number of ether oxygens (including phenoxy) is 2. The Morgan fingerprint density at radius 2 is 2.10 bits per heavy atom. The number of carbonyl (C=O) groups excluding carboxylic acids is 2. The SMILES string of the molecule is COC(=O)C(O)CNC(=O)Cc1cc(Cl)ccc1OC. The number of nitrogens with one attached hydrogen (secondary N) is 1. The smallest absolute Gasteiger partial charge is 0.336 e. The first-order valence-corrected chi connectivity index (χ1v) is 6.20. The van der Waals surface area contributed by atoms with E-state index >= 15 is 0 Å². The Balaban J connectivity index is 2.58. The van der Waals surface area contributed by atoms with Gasteiger partial charge in [0.1, 0.15) is 5.75 Å². The Hall–Kier alpha value is -1.79. The highest BCUT2D eigenvalue weighted by Gasteiger charge is 2.17. The van der Waals surface area contributed by atoms with Gasteiger partial charge in [-0.2, -0.15) is 0 Å². The third kappa shape index (κ3) is 4.71. The van der Waals surface area contributed by atoms with E-state index in [0.717, 1.165) is 7.11 Å². The number of aliphatic hydroxyl groups excluding tert-OH is 1. The van der Waals surface area contributed by atoms with Crippen molar-refractivity contribution in [2.75, 3.05) is 20.8 Å². The predicted molar refractivity (Wildman–Crippen MR) is 72.7 cm³/mol. The van der Waals surface area contributed by atoms with Crippen LogP contribution in [0.5, 0.6) is 5.75 Å². The molecule has 0 aliphatic carbocycles. The van der Waals surface area contributed by atoms with Gasteiger partial charge in [-0.3, -0.25) is 4.79 Å². The average molecular weight is 302 g/mol. The van der Waals surface area contributed by atoms with Crippen LogP contribution in [0.1, 0.15) is 5.56 Å². The molecule has 110 valence electrons. The highest BCUT2D eigenvalue weighted by atomic mass is 35.5. The average Bonchev–Trinajstić information content (AvgIpc) is 2.44. The first kappa shape index (κ1) is 16.3. The van der Waals surface area contributed by atoms with Crippen LogP contribution >= 0.6 is 11.6 Å². The maximum absolute atomic E-state index is 11.7. The number of benzene rings is 1. The van der Waals surface area contributed by atoms with Gasteiger partial charge in [0.15, 0.2) is 6.10 Å². The summed E-state index contributed by atoms with van der Waals surface area (Å²) in [6.45, 7) is -0.214. The largest absolute Gasteiger partial charge is 0.496 e. The second-order valence-electron chi connectivity index (χ2n) is 3.98. The van der Waals surface area contributed by atoms with Crippen molar-refractivity contribution in [3.05, 3.63) is 28.8 Å². The second-order valence-corrected chi connectivity index (χ2v) is 4.41. The highest BCUT2D eigenvalue weighted by Crippen LogP contribution is 2.22. The van der Waals surface area contributed by atoms with Crippen LogP contribution in [0.3, 0.4) is 0 Å². The van der Waals surface area contributed by atoms with Crippen molar-refractivity contribution in [1.29, 1.82) is 0 Å². The minimum atomic E-state index is -1.38. The van der Waals surface area contributed by atoms with E-state index in [4.69, 9.17) is 16.3 Å². The van der Waals surface area contributed by atoms with Crippen molar-refractivity contribution < 1.29 is 24.2 Å². The van der Waals surface area contributed by atoms with Crippen LogP contribution < -0.4 is 10.1 Å². The number of aliphatic hydroxyl groups is 1. The number of rotatable bonds is 6. The lowest BCUT2D eigenvalue weighted by Gasteiger charge is -2.11. The summed E-state index contributed by atoms with van der Waals surface area (Å²) in [6, 6.07) is 4.94. The number of amides is 1. The molecule has 0 heterocycles.